The molecule has 1 aliphatic rings. The molecule has 0 spiro atoms. The van der Waals surface area contributed by atoms with Crippen molar-refractivity contribution >= 4 is 22.7 Å². The Hall–Kier alpha value is -3.19. The summed E-state index contributed by atoms with van der Waals surface area (Å²) in [5, 5.41) is 8.69. The second kappa shape index (κ2) is 9.96. The average molecular weight is 435 g/mol. The summed E-state index contributed by atoms with van der Waals surface area (Å²) >= 11 is 0. The lowest BCUT2D eigenvalue weighted by atomic mass is 10.1. The Morgan fingerprint density at radius 1 is 1.16 bits per heavy atom. The lowest BCUT2D eigenvalue weighted by Crippen LogP contribution is -2.44. The molecule has 1 unspecified atom stereocenters. The molecule has 1 saturated carbocycles. The number of nitrogens with zero attached hydrogens (tertiary/aromatic N) is 2. The van der Waals surface area contributed by atoms with E-state index in [1.54, 1.807) is 13.0 Å². The second-order valence-electron chi connectivity index (χ2n) is 8.35. The molecule has 1 heterocycles. The number of carbonyl (C=O) groups is 2. The van der Waals surface area contributed by atoms with Gasteiger partial charge in [0.2, 0.25) is 0 Å². The van der Waals surface area contributed by atoms with Gasteiger partial charge in [-0.2, -0.15) is 5.10 Å². The molecule has 2 amide bonds. The van der Waals surface area contributed by atoms with E-state index in [1.807, 2.05) is 42.5 Å². The highest BCUT2D eigenvalue weighted by atomic mass is 16.6. The third kappa shape index (κ3) is 4.83. The summed E-state index contributed by atoms with van der Waals surface area (Å²) in [6, 6.07) is 14.9. The number of hydroxylamine groups is 1. The van der Waals surface area contributed by atoms with Crippen LogP contribution < -0.4 is 10.8 Å². The van der Waals surface area contributed by atoms with Crippen LogP contribution >= 0.6 is 0 Å². The lowest BCUT2D eigenvalue weighted by Gasteiger charge is -2.15. The quantitative estimate of drug-likeness (QED) is 0.523. The van der Waals surface area contributed by atoms with Crippen molar-refractivity contribution in [2.24, 2.45) is 0 Å². The van der Waals surface area contributed by atoms with Gasteiger partial charge in [-0.25, -0.2) is 5.48 Å². The third-order valence-electron chi connectivity index (χ3n) is 6.05. The minimum atomic E-state index is -0.736. The topological polar surface area (TPSA) is 85.2 Å². The molecule has 1 atom stereocenters. The minimum Gasteiger partial charge on any atom is -0.340 e. The molecule has 7 heteroatoms. The Labute approximate surface area is 188 Å². The normalized spacial score (nSPS) is 15.1. The fourth-order valence-electron chi connectivity index (χ4n) is 4.23. The number of amides is 2. The van der Waals surface area contributed by atoms with Crippen LogP contribution in [0.25, 0.3) is 10.9 Å². The summed E-state index contributed by atoms with van der Waals surface area (Å²) in [7, 11) is 0. The molecule has 168 valence electrons. The van der Waals surface area contributed by atoms with Gasteiger partial charge in [-0.1, -0.05) is 56.2 Å². The number of hydrogen-bond acceptors (Lipinski definition) is 4. The van der Waals surface area contributed by atoms with Crippen LogP contribution in [0.15, 0.2) is 48.5 Å². The zero-order chi connectivity index (χ0) is 22.5. The first-order valence-corrected chi connectivity index (χ1v) is 11.3. The maximum atomic E-state index is 12.8. The van der Waals surface area contributed by atoms with Crippen LogP contribution in [0, 0.1) is 0 Å². The van der Waals surface area contributed by atoms with E-state index in [9.17, 15) is 9.59 Å². The smallest absolute Gasteiger partial charge is 0.265 e. The predicted octanol–water partition coefficient (Wildman–Crippen LogP) is 4.08. The van der Waals surface area contributed by atoms with E-state index in [4.69, 9.17) is 9.94 Å². The van der Waals surface area contributed by atoms with E-state index in [0.717, 1.165) is 41.4 Å². The van der Waals surface area contributed by atoms with E-state index < -0.39 is 11.9 Å². The fraction of sp³-hybridized carbons (Fsp3) is 0.400. The lowest BCUT2D eigenvalue weighted by molar-refractivity contribution is -0.136. The third-order valence-corrected chi connectivity index (χ3v) is 6.05. The summed E-state index contributed by atoms with van der Waals surface area (Å²) in [5.74, 6) is -0.700. The van der Waals surface area contributed by atoms with Crippen LogP contribution in [0.2, 0.25) is 0 Å². The van der Waals surface area contributed by atoms with Gasteiger partial charge in [0, 0.05) is 10.9 Å². The Bertz CT molecular complexity index is 1090. The molecule has 1 fully saturated rings. The van der Waals surface area contributed by atoms with Gasteiger partial charge >= 0.3 is 0 Å². The first-order chi connectivity index (χ1) is 15.6. The van der Waals surface area contributed by atoms with Gasteiger partial charge in [0.15, 0.2) is 0 Å². The highest BCUT2D eigenvalue weighted by Gasteiger charge is 2.23. The van der Waals surface area contributed by atoms with Gasteiger partial charge in [0.05, 0.1) is 23.9 Å². The van der Waals surface area contributed by atoms with Crippen LogP contribution in [0.5, 0.6) is 0 Å². The molecule has 0 saturated heterocycles. The molecule has 0 aliphatic heterocycles. The SMILES string of the molecule is CCc1nn(C2CCCC2)c2cc(C(=O)NC(C)C(=O)NOCc3ccccc3)ccc12. The van der Waals surface area contributed by atoms with Crippen LogP contribution in [0.4, 0.5) is 0 Å². The summed E-state index contributed by atoms with van der Waals surface area (Å²) in [4.78, 5) is 30.4. The van der Waals surface area contributed by atoms with Crippen molar-refractivity contribution in [3.8, 4) is 0 Å². The number of hydrogen-bond donors (Lipinski definition) is 2. The maximum Gasteiger partial charge on any atom is 0.265 e. The molecule has 3 aromatic rings. The monoisotopic (exact) mass is 434 g/mol. The molecule has 0 radical (unpaired) electrons. The molecule has 32 heavy (non-hydrogen) atoms. The summed E-state index contributed by atoms with van der Waals surface area (Å²) in [5.41, 5.74) is 5.92. The number of rotatable bonds is 8. The molecular weight excluding hydrogens is 404 g/mol. The highest BCUT2D eigenvalue weighted by molar-refractivity contribution is 6.00. The Balaban J connectivity index is 1.41. The van der Waals surface area contributed by atoms with Gasteiger partial charge in [-0.05, 0) is 43.9 Å². The van der Waals surface area contributed by atoms with E-state index in [2.05, 4.69) is 22.4 Å². The van der Waals surface area contributed by atoms with Gasteiger partial charge < -0.3 is 5.32 Å². The van der Waals surface area contributed by atoms with Crippen LogP contribution in [0.1, 0.15) is 67.2 Å². The number of benzene rings is 2. The zero-order valence-corrected chi connectivity index (χ0v) is 18.6. The van der Waals surface area contributed by atoms with Gasteiger partial charge in [0.25, 0.3) is 11.8 Å². The van der Waals surface area contributed by atoms with Gasteiger partial charge in [0.1, 0.15) is 6.04 Å². The van der Waals surface area contributed by atoms with Crippen LogP contribution in [-0.4, -0.2) is 27.6 Å². The second-order valence-corrected chi connectivity index (χ2v) is 8.35. The summed E-state index contributed by atoms with van der Waals surface area (Å²) in [6.45, 7) is 3.99. The zero-order valence-electron chi connectivity index (χ0n) is 18.6. The molecule has 4 rings (SSSR count). The predicted molar refractivity (Wildman–Crippen MR) is 123 cm³/mol. The van der Waals surface area contributed by atoms with Gasteiger partial charge in [-0.15, -0.1) is 0 Å². The number of carbonyl (C=O) groups excluding carboxylic acids is 2. The van der Waals surface area contributed by atoms with E-state index in [1.165, 1.54) is 12.8 Å². The number of nitrogens with one attached hydrogen (secondary N) is 2. The molecule has 7 nitrogen and oxygen atoms in total. The Kier molecular flexibility index (Phi) is 6.85. The number of aromatic nitrogens is 2. The largest absolute Gasteiger partial charge is 0.340 e. The molecular formula is C25H30N4O3. The molecule has 2 aromatic carbocycles. The number of fused-ring (bicyclic) bond motifs is 1. The summed E-state index contributed by atoms with van der Waals surface area (Å²) in [6.07, 6.45) is 5.52. The molecule has 0 bridgehead atoms. The minimum absolute atomic E-state index is 0.259. The van der Waals surface area contributed by atoms with E-state index in [-0.39, 0.29) is 12.5 Å². The molecule has 1 aliphatic carbocycles. The molecule has 2 N–H and O–H groups in total. The Morgan fingerprint density at radius 3 is 2.62 bits per heavy atom. The Morgan fingerprint density at radius 2 is 1.91 bits per heavy atom. The van der Waals surface area contributed by atoms with Crippen molar-refractivity contribution in [3.05, 3.63) is 65.4 Å². The van der Waals surface area contributed by atoms with Crippen molar-refractivity contribution in [2.45, 2.75) is 64.6 Å². The standard InChI is InChI=1S/C25H30N4O3/c1-3-22-21-14-13-19(15-23(21)29(27-22)20-11-7-8-12-20)25(31)26-17(2)24(30)28-32-16-18-9-5-4-6-10-18/h4-6,9-10,13-15,17,20H,3,7-8,11-12,16H2,1-2H3,(H,26,31)(H,28,30). The van der Waals surface area contributed by atoms with Crippen LogP contribution in [-0.2, 0) is 22.7 Å². The molecule has 1 aromatic heterocycles. The fourth-order valence-corrected chi connectivity index (χ4v) is 4.23. The average Bonchev–Trinajstić information content (AvgIpc) is 3.47. The van der Waals surface area contributed by atoms with E-state index in [0.29, 0.717) is 11.6 Å². The van der Waals surface area contributed by atoms with Crippen molar-refractivity contribution < 1.29 is 14.4 Å². The number of aryl methyl sites for hydroxylation is 1. The maximum absolute atomic E-state index is 12.8. The van der Waals surface area contributed by atoms with Crippen molar-refractivity contribution in [2.75, 3.05) is 0 Å². The van der Waals surface area contributed by atoms with Crippen molar-refractivity contribution in [3.63, 3.8) is 0 Å². The van der Waals surface area contributed by atoms with Gasteiger partial charge in [-0.3, -0.25) is 19.1 Å². The summed E-state index contributed by atoms with van der Waals surface area (Å²) < 4.78 is 2.10. The highest BCUT2D eigenvalue weighted by Crippen LogP contribution is 2.33. The first kappa shape index (κ1) is 22.0. The first-order valence-electron chi connectivity index (χ1n) is 11.3. The van der Waals surface area contributed by atoms with Crippen molar-refractivity contribution in [1.29, 1.82) is 0 Å². The van der Waals surface area contributed by atoms with Crippen LogP contribution in [0.3, 0.4) is 0 Å². The van der Waals surface area contributed by atoms with Crippen molar-refractivity contribution in [1.82, 2.24) is 20.6 Å². The van der Waals surface area contributed by atoms with E-state index >= 15 is 0 Å².